The fourth-order valence-electron chi connectivity index (χ4n) is 2.08. The second kappa shape index (κ2) is 5.68. The van der Waals surface area contributed by atoms with E-state index in [0.717, 1.165) is 21.3 Å². The molecule has 0 amide bonds. The lowest BCUT2D eigenvalue weighted by Gasteiger charge is -2.07. The van der Waals surface area contributed by atoms with E-state index in [4.69, 9.17) is 5.11 Å². The Morgan fingerprint density at radius 3 is 3.05 bits per heavy atom. The topological polar surface area (TPSA) is 113 Å². The van der Waals surface area contributed by atoms with Crippen molar-refractivity contribution in [3.05, 3.63) is 52.8 Å². The molecule has 0 bridgehead atoms. The molecule has 8 heteroatoms. The van der Waals surface area contributed by atoms with Crippen molar-refractivity contribution in [1.82, 2.24) is 19.5 Å². The minimum Gasteiger partial charge on any atom is -0.480 e. The number of hydrogen-bond acceptors (Lipinski definition) is 5. The molecule has 8 nitrogen and oxygen atoms in total. The van der Waals surface area contributed by atoms with E-state index in [1.807, 2.05) is 18.2 Å². The quantitative estimate of drug-likeness (QED) is 0.642. The molecule has 3 heterocycles. The van der Waals surface area contributed by atoms with Gasteiger partial charge in [-0.05, 0) is 18.2 Å². The highest BCUT2D eigenvalue weighted by Crippen LogP contribution is 2.10. The number of rotatable bonds is 5. The lowest BCUT2D eigenvalue weighted by Crippen LogP contribution is -2.27. The van der Waals surface area contributed by atoms with Crippen LogP contribution in [0.2, 0.25) is 0 Å². The minimum absolute atomic E-state index is 0.0946. The zero-order chi connectivity index (χ0) is 15.5. The van der Waals surface area contributed by atoms with Crippen molar-refractivity contribution < 1.29 is 9.90 Å². The molecule has 3 rings (SSSR count). The van der Waals surface area contributed by atoms with Gasteiger partial charge in [-0.2, -0.15) is 0 Å². The Morgan fingerprint density at radius 2 is 2.23 bits per heavy atom. The van der Waals surface area contributed by atoms with Gasteiger partial charge in [-0.15, -0.1) is 0 Å². The molecule has 3 aromatic heterocycles. The van der Waals surface area contributed by atoms with Crippen LogP contribution in [0.25, 0.3) is 11.0 Å². The zero-order valence-corrected chi connectivity index (χ0v) is 11.5. The Labute approximate surface area is 124 Å². The first-order valence-corrected chi connectivity index (χ1v) is 6.57. The number of carboxylic acid groups (broad SMARTS) is 1. The van der Waals surface area contributed by atoms with Gasteiger partial charge >= 0.3 is 5.97 Å². The molecule has 22 heavy (non-hydrogen) atoms. The van der Waals surface area contributed by atoms with E-state index < -0.39 is 18.1 Å². The monoisotopic (exact) mass is 299 g/mol. The second-order valence-electron chi connectivity index (χ2n) is 4.67. The molecule has 3 N–H and O–H groups in total. The van der Waals surface area contributed by atoms with Crippen LogP contribution >= 0.6 is 0 Å². The highest BCUT2D eigenvalue weighted by Gasteiger charge is 2.08. The number of anilines is 1. The van der Waals surface area contributed by atoms with E-state index in [0.29, 0.717) is 6.54 Å². The summed E-state index contributed by atoms with van der Waals surface area (Å²) in [6, 6.07) is 5.70. The van der Waals surface area contributed by atoms with E-state index in [1.165, 1.54) is 12.4 Å². The lowest BCUT2D eigenvalue weighted by molar-refractivity contribution is -0.137. The summed E-state index contributed by atoms with van der Waals surface area (Å²) < 4.78 is 1.08. The van der Waals surface area contributed by atoms with Crippen molar-refractivity contribution in [3.8, 4) is 0 Å². The van der Waals surface area contributed by atoms with E-state index in [-0.39, 0.29) is 5.82 Å². The summed E-state index contributed by atoms with van der Waals surface area (Å²) in [7, 11) is 0. The van der Waals surface area contributed by atoms with E-state index >= 15 is 0 Å². The average Bonchev–Trinajstić information content (AvgIpc) is 2.95. The Hall–Kier alpha value is -3.16. The van der Waals surface area contributed by atoms with Gasteiger partial charge in [-0.3, -0.25) is 14.2 Å². The van der Waals surface area contributed by atoms with Crippen molar-refractivity contribution in [2.24, 2.45) is 0 Å². The Morgan fingerprint density at radius 1 is 1.36 bits per heavy atom. The maximum Gasteiger partial charge on any atom is 0.323 e. The first kappa shape index (κ1) is 13.8. The number of fused-ring (bicyclic) bond motifs is 1. The molecule has 0 atom stereocenters. The maximum atomic E-state index is 12.0. The molecule has 0 unspecified atom stereocenters. The third-order valence-corrected chi connectivity index (χ3v) is 3.12. The predicted octanol–water partition coefficient (Wildman–Crippen LogP) is 0.816. The summed E-state index contributed by atoms with van der Waals surface area (Å²) in [6.07, 6.45) is 4.53. The molecule has 0 aliphatic rings. The van der Waals surface area contributed by atoms with Crippen molar-refractivity contribution >= 4 is 22.8 Å². The molecule has 0 saturated carbocycles. The number of nitrogens with one attached hydrogen (secondary N) is 2. The number of H-pyrrole nitrogens is 1. The molecule has 0 saturated heterocycles. The van der Waals surface area contributed by atoms with Crippen LogP contribution in [0.5, 0.6) is 0 Å². The normalized spacial score (nSPS) is 10.7. The van der Waals surface area contributed by atoms with Gasteiger partial charge in [0, 0.05) is 24.0 Å². The number of carbonyl (C=O) groups is 1. The van der Waals surface area contributed by atoms with Crippen LogP contribution in [-0.4, -0.2) is 30.6 Å². The Kier molecular flexibility index (Phi) is 3.57. The average molecular weight is 299 g/mol. The summed E-state index contributed by atoms with van der Waals surface area (Å²) in [5.41, 5.74) is 1.03. The number of aromatic nitrogens is 4. The maximum absolute atomic E-state index is 12.0. The van der Waals surface area contributed by atoms with Crippen LogP contribution in [0.1, 0.15) is 5.69 Å². The smallest absolute Gasteiger partial charge is 0.323 e. The molecular weight excluding hydrogens is 286 g/mol. The fourth-order valence-corrected chi connectivity index (χ4v) is 2.08. The summed E-state index contributed by atoms with van der Waals surface area (Å²) >= 11 is 0. The largest absolute Gasteiger partial charge is 0.480 e. The number of nitrogens with zero attached hydrogens (tertiary/aromatic N) is 3. The molecular formula is C14H13N5O3. The van der Waals surface area contributed by atoms with Gasteiger partial charge in [-0.1, -0.05) is 0 Å². The number of aromatic amines is 1. The van der Waals surface area contributed by atoms with Crippen LogP contribution in [-0.2, 0) is 17.9 Å². The molecule has 112 valence electrons. The molecule has 0 fully saturated rings. The molecule has 3 aromatic rings. The van der Waals surface area contributed by atoms with Gasteiger partial charge < -0.3 is 15.4 Å². The Balaban J connectivity index is 1.78. The number of pyridine rings is 1. The molecule has 0 aliphatic heterocycles. The van der Waals surface area contributed by atoms with Gasteiger partial charge in [0.15, 0.2) is 5.82 Å². The lowest BCUT2D eigenvalue weighted by atomic mass is 10.3. The van der Waals surface area contributed by atoms with E-state index in [9.17, 15) is 9.59 Å². The predicted molar refractivity (Wildman–Crippen MR) is 79.6 cm³/mol. The van der Waals surface area contributed by atoms with Crippen molar-refractivity contribution in [2.75, 3.05) is 5.32 Å². The summed E-state index contributed by atoms with van der Waals surface area (Å²) in [5, 5.41) is 12.6. The molecule has 0 aromatic carbocycles. The van der Waals surface area contributed by atoms with Gasteiger partial charge in [-0.25, -0.2) is 9.97 Å². The van der Waals surface area contributed by atoms with Gasteiger partial charge in [0.1, 0.15) is 12.2 Å². The number of aliphatic carboxylic acids is 1. The molecule has 0 spiro atoms. The highest BCUT2D eigenvalue weighted by atomic mass is 16.4. The zero-order valence-electron chi connectivity index (χ0n) is 11.5. The number of carboxylic acids is 1. The van der Waals surface area contributed by atoms with E-state index in [1.54, 1.807) is 6.20 Å². The third-order valence-electron chi connectivity index (χ3n) is 3.12. The van der Waals surface area contributed by atoms with Gasteiger partial charge in [0.25, 0.3) is 5.56 Å². The highest BCUT2D eigenvalue weighted by molar-refractivity contribution is 5.75. The van der Waals surface area contributed by atoms with Gasteiger partial charge in [0.2, 0.25) is 0 Å². The SMILES string of the molecule is O=C(O)Cn1ccnc(NCc2ccc3cc[nH]c3n2)c1=O. The van der Waals surface area contributed by atoms with Crippen LogP contribution in [0.4, 0.5) is 5.82 Å². The van der Waals surface area contributed by atoms with Crippen LogP contribution in [0.15, 0.2) is 41.6 Å². The summed E-state index contributed by atoms with van der Waals surface area (Å²) in [4.78, 5) is 34.1. The van der Waals surface area contributed by atoms with Crippen molar-refractivity contribution in [2.45, 2.75) is 13.1 Å². The molecule has 0 radical (unpaired) electrons. The second-order valence-corrected chi connectivity index (χ2v) is 4.67. The van der Waals surface area contributed by atoms with Crippen LogP contribution < -0.4 is 10.9 Å². The summed E-state index contributed by atoms with van der Waals surface area (Å²) in [6.45, 7) is -0.0863. The van der Waals surface area contributed by atoms with Crippen molar-refractivity contribution in [3.63, 3.8) is 0 Å². The van der Waals surface area contributed by atoms with Gasteiger partial charge in [0.05, 0.1) is 12.2 Å². The van der Waals surface area contributed by atoms with Crippen molar-refractivity contribution in [1.29, 1.82) is 0 Å². The Bertz CT molecular complexity index is 883. The first-order valence-electron chi connectivity index (χ1n) is 6.57. The van der Waals surface area contributed by atoms with E-state index in [2.05, 4.69) is 20.3 Å². The minimum atomic E-state index is -1.09. The first-order chi connectivity index (χ1) is 10.6. The fraction of sp³-hybridized carbons (Fsp3) is 0.143. The standard InChI is InChI=1S/C14H13N5O3/c20-11(21)8-19-6-5-16-13(14(19)22)17-7-10-2-1-9-3-4-15-12(9)18-10/h1-6H,7-8H2,(H,15,18)(H,16,17)(H,20,21). The van der Waals surface area contributed by atoms with Crippen LogP contribution in [0, 0.1) is 0 Å². The number of hydrogen-bond donors (Lipinski definition) is 3. The molecule has 0 aliphatic carbocycles. The summed E-state index contributed by atoms with van der Waals surface area (Å²) in [5.74, 6) is -0.991. The van der Waals surface area contributed by atoms with Crippen LogP contribution in [0.3, 0.4) is 0 Å². The third kappa shape index (κ3) is 2.80.